The van der Waals surface area contributed by atoms with Crippen LogP contribution in [0, 0.1) is 0 Å². The molecule has 0 spiro atoms. The molecule has 1 heterocycles. The van der Waals surface area contributed by atoms with Gasteiger partial charge in [0, 0.05) is 12.7 Å². The van der Waals surface area contributed by atoms with E-state index < -0.39 is 10.0 Å². The van der Waals surface area contributed by atoms with Gasteiger partial charge in [0.15, 0.2) is 0 Å². The molecule has 1 N–H and O–H groups in total. The fraction of sp³-hybridized carbons (Fsp3) is 0.538. The monoisotopic (exact) mass is 319 g/mol. The van der Waals surface area contributed by atoms with Gasteiger partial charge >= 0.3 is 0 Å². The average molecular weight is 320 g/mol. The molecular weight excluding hydrogens is 302 g/mol. The molecule has 1 fully saturated rings. The number of hydrogen-bond acceptors (Lipinski definition) is 4. The maximum atomic E-state index is 12.1. The van der Waals surface area contributed by atoms with Crippen molar-refractivity contribution < 1.29 is 17.9 Å². The van der Waals surface area contributed by atoms with Gasteiger partial charge in [0.2, 0.25) is 10.0 Å². The van der Waals surface area contributed by atoms with Gasteiger partial charge in [-0.2, -0.15) is 0 Å². The molecule has 5 nitrogen and oxygen atoms in total. The second-order valence-electron chi connectivity index (χ2n) is 4.72. The number of sulfonamides is 1. The lowest BCUT2D eigenvalue weighted by atomic mass is 10.1. The van der Waals surface area contributed by atoms with Crippen molar-refractivity contribution in [2.75, 3.05) is 24.2 Å². The predicted octanol–water partition coefficient (Wildman–Crippen LogP) is 2.66. The zero-order valence-electron chi connectivity index (χ0n) is 11.3. The predicted molar refractivity (Wildman–Crippen MR) is 79.0 cm³/mol. The molecule has 0 unspecified atom stereocenters. The summed E-state index contributed by atoms with van der Waals surface area (Å²) in [6.45, 7) is 0.625. The molecule has 0 aliphatic carbocycles. The highest BCUT2D eigenvalue weighted by atomic mass is 35.5. The second-order valence-corrected chi connectivity index (χ2v) is 6.89. The van der Waals surface area contributed by atoms with Gasteiger partial charge in [0.1, 0.15) is 5.75 Å². The van der Waals surface area contributed by atoms with Crippen molar-refractivity contribution in [3.8, 4) is 5.75 Å². The van der Waals surface area contributed by atoms with E-state index in [1.54, 1.807) is 18.2 Å². The normalized spacial score (nSPS) is 19.6. The fourth-order valence-corrected chi connectivity index (χ4v) is 3.66. The average Bonchev–Trinajstić information content (AvgIpc) is 2.41. The Hall–Kier alpha value is -0.980. The number of ether oxygens (including phenoxy) is 2. The van der Waals surface area contributed by atoms with Crippen molar-refractivity contribution in [3.63, 3.8) is 0 Å². The SMILES string of the molecule is COc1ccc(Cl)c(NS(=O)(=O)C[C@@H]2CCCCO2)c1. The van der Waals surface area contributed by atoms with Crippen molar-refractivity contribution in [1.82, 2.24) is 0 Å². The molecule has 0 aromatic heterocycles. The standard InChI is InChI=1S/C13H18ClNO4S/c1-18-10-5-6-12(14)13(8-10)15-20(16,17)9-11-4-2-3-7-19-11/h5-6,8,11,15H,2-4,7,9H2,1H3/t11-/m0/s1. The summed E-state index contributed by atoms with van der Waals surface area (Å²) in [5.41, 5.74) is 0.321. The van der Waals surface area contributed by atoms with Crippen LogP contribution >= 0.6 is 11.6 Å². The Morgan fingerprint density at radius 3 is 2.90 bits per heavy atom. The van der Waals surface area contributed by atoms with Gasteiger partial charge in [-0.1, -0.05) is 11.6 Å². The number of hydrogen-bond donors (Lipinski definition) is 1. The van der Waals surface area contributed by atoms with Gasteiger partial charge < -0.3 is 9.47 Å². The van der Waals surface area contributed by atoms with Gasteiger partial charge in [-0.25, -0.2) is 8.42 Å². The minimum Gasteiger partial charge on any atom is -0.497 e. The lowest BCUT2D eigenvalue weighted by Crippen LogP contribution is -2.30. The highest BCUT2D eigenvalue weighted by Gasteiger charge is 2.22. The summed E-state index contributed by atoms with van der Waals surface area (Å²) in [7, 11) is -1.99. The molecule has 0 radical (unpaired) electrons. The van der Waals surface area contributed by atoms with Crippen molar-refractivity contribution in [3.05, 3.63) is 23.2 Å². The number of benzene rings is 1. The van der Waals surface area contributed by atoms with Crippen LogP contribution in [0.3, 0.4) is 0 Å². The highest BCUT2D eigenvalue weighted by Crippen LogP contribution is 2.28. The Morgan fingerprint density at radius 1 is 1.45 bits per heavy atom. The summed E-state index contributed by atoms with van der Waals surface area (Å²) >= 11 is 5.99. The van der Waals surface area contributed by atoms with Crippen LogP contribution in [0.1, 0.15) is 19.3 Å². The Labute approximate surface area is 124 Å². The van der Waals surface area contributed by atoms with Crippen molar-refractivity contribution in [2.45, 2.75) is 25.4 Å². The van der Waals surface area contributed by atoms with E-state index in [4.69, 9.17) is 21.1 Å². The molecule has 0 saturated carbocycles. The molecule has 1 atom stereocenters. The Bertz CT molecular complexity index is 555. The van der Waals surface area contributed by atoms with Gasteiger partial charge in [0.05, 0.1) is 29.7 Å². The lowest BCUT2D eigenvalue weighted by Gasteiger charge is -2.22. The molecule has 1 aromatic carbocycles. The Balaban J connectivity index is 2.07. The number of nitrogens with one attached hydrogen (secondary N) is 1. The molecular formula is C13H18ClNO4S. The van der Waals surface area contributed by atoms with Crippen LogP contribution in [-0.4, -0.2) is 34.0 Å². The molecule has 7 heteroatoms. The molecule has 1 aliphatic rings. The number of anilines is 1. The van der Waals surface area contributed by atoms with Crippen LogP contribution in [0.4, 0.5) is 5.69 Å². The minimum atomic E-state index is -3.50. The van der Waals surface area contributed by atoms with Crippen LogP contribution in [-0.2, 0) is 14.8 Å². The quantitative estimate of drug-likeness (QED) is 0.906. The molecule has 1 aliphatic heterocycles. The molecule has 1 saturated heterocycles. The number of methoxy groups -OCH3 is 1. The zero-order chi connectivity index (χ0) is 14.6. The molecule has 0 bridgehead atoms. The van der Waals surface area contributed by atoms with Gasteiger partial charge in [-0.05, 0) is 31.4 Å². The molecule has 1 aromatic rings. The van der Waals surface area contributed by atoms with Gasteiger partial charge in [-0.3, -0.25) is 4.72 Å². The van der Waals surface area contributed by atoms with Crippen molar-refractivity contribution in [2.24, 2.45) is 0 Å². The van der Waals surface area contributed by atoms with Crippen molar-refractivity contribution in [1.29, 1.82) is 0 Å². The van der Waals surface area contributed by atoms with Crippen LogP contribution < -0.4 is 9.46 Å². The number of halogens is 1. The van der Waals surface area contributed by atoms with Gasteiger partial charge in [-0.15, -0.1) is 0 Å². The summed E-state index contributed by atoms with van der Waals surface area (Å²) in [5, 5.41) is 0.332. The highest BCUT2D eigenvalue weighted by molar-refractivity contribution is 7.92. The van der Waals surface area contributed by atoms with E-state index in [0.717, 1.165) is 19.3 Å². The first-order valence-electron chi connectivity index (χ1n) is 6.46. The zero-order valence-corrected chi connectivity index (χ0v) is 12.8. The third-order valence-corrected chi connectivity index (χ3v) is 4.79. The number of rotatable bonds is 5. The van der Waals surface area contributed by atoms with E-state index in [0.29, 0.717) is 23.1 Å². The largest absolute Gasteiger partial charge is 0.497 e. The van der Waals surface area contributed by atoms with E-state index in [2.05, 4.69) is 4.72 Å². The summed E-state index contributed by atoms with van der Waals surface area (Å²) in [6.07, 6.45) is 2.52. The first kappa shape index (κ1) is 15.4. The van der Waals surface area contributed by atoms with Crippen LogP contribution in [0.25, 0.3) is 0 Å². The summed E-state index contributed by atoms with van der Waals surface area (Å²) in [5.74, 6) is 0.488. The maximum absolute atomic E-state index is 12.1. The van der Waals surface area contributed by atoms with Crippen LogP contribution in [0.15, 0.2) is 18.2 Å². The summed E-state index contributed by atoms with van der Waals surface area (Å²) < 4.78 is 37.3. The van der Waals surface area contributed by atoms with E-state index in [1.807, 2.05) is 0 Å². The van der Waals surface area contributed by atoms with E-state index in [9.17, 15) is 8.42 Å². The minimum absolute atomic E-state index is 0.0550. The van der Waals surface area contributed by atoms with Crippen molar-refractivity contribution >= 4 is 27.3 Å². The van der Waals surface area contributed by atoms with Crippen LogP contribution in [0.5, 0.6) is 5.75 Å². The molecule has 2 rings (SSSR count). The topological polar surface area (TPSA) is 64.6 Å². The summed E-state index contributed by atoms with van der Waals surface area (Å²) in [6, 6.07) is 4.82. The lowest BCUT2D eigenvalue weighted by molar-refractivity contribution is 0.0306. The van der Waals surface area contributed by atoms with E-state index >= 15 is 0 Å². The van der Waals surface area contributed by atoms with Gasteiger partial charge in [0.25, 0.3) is 0 Å². The first-order chi connectivity index (χ1) is 9.50. The van der Waals surface area contributed by atoms with E-state index in [-0.39, 0.29) is 11.9 Å². The molecule has 0 amide bonds. The molecule has 112 valence electrons. The third-order valence-electron chi connectivity index (χ3n) is 3.12. The first-order valence-corrected chi connectivity index (χ1v) is 8.49. The summed E-state index contributed by atoms with van der Waals surface area (Å²) in [4.78, 5) is 0. The third kappa shape index (κ3) is 4.26. The fourth-order valence-electron chi connectivity index (χ4n) is 2.10. The van der Waals surface area contributed by atoms with Crippen LogP contribution in [0.2, 0.25) is 5.02 Å². The Kier molecular flexibility index (Phi) is 5.12. The molecule has 20 heavy (non-hydrogen) atoms. The maximum Gasteiger partial charge on any atom is 0.235 e. The van der Waals surface area contributed by atoms with E-state index in [1.165, 1.54) is 7.11 Å². The Morgan fingerprint density at radius 2 is 2.25 bits per heavy atom. The second kappa shape index (κ2) is 6.65. The smallest absolute Gasteiger partial charge is 0.235 e.